The van der Waals surface area contributed by atoms with E-state index in [2.05, 4.69) is 5.32 Å². The van der Waals surface area contributed by atoms with E-state index >= 15 is 0 Å². The predicted octanol–water partition coefficient (Wildman–Crippen LogP) is 0.458. The maximum Gasteiger partial charge on any atom is 0.317 e. The molecule has 1 saturated heterocycles. The van der Waals surface area contributed by atoms with E-state index in [0.29, 0.717) is 6.42 Å². The largest absolute Gasteiger partial charge is 0.481 e. The van der Waals surface area contributed by atoms with Crippen LogP contribution >= 0.6 is 0 Å². The monoisotopic (exact) mass is 306 g/mol. The summed E-state index contributed by atoms with van der Waals surface area (Å²) < 4.78 is 22.9. The number of carbonyl (C=O) groups excluding carboxylic acids is 1. The van der Waals surface area contributed by atoms with E-state index in [0.717, 1.165) is 6.42 Å². The predicted molar refractivity (Wildman–Crippen MR) is 74.3 cm³/mol. The molecular weight excluding hydrogens is 284 g/mol. The third kappa shape index (κ3) is 4.99. The van der Waals surface area contributed by atoms with Crippen LogP contribution in [0.15, 0.2) is 0 Å². The first-order valence-corrected chi connectivity index (χ1v) is 8.56. The quantitative estimate of drug-likeness (QED) is 0.768. The van der Waals surface area contributed by atoms with Crippen LogP contribution in [0.3, 0.4) is 0 Å². The standard InChI is InChI=1S/C12H22N2O5S/c1-3-4-10(7-11(15)16)13-12(17)14-5-6-20(18,19)8-9(14)2/h9-10H,3-8H2,1-2H3,(H,13,17)(H,15,16). The van der Waals surface area contributed by atoms with Crippen LogP contribution < -0.4 is 5.32 Å². The molecule has 0 radical (unpaired) electrons. The molecule has 0 spiro atoms. The van der Waals surface area contributed by atoms with Crippen molar-refractivity contribution in [3.05, 3.63) is 0 Å². The van der Waals surface area contributed by atoms with E-state index in [1.807, 2.05) is 6.92 Å². The number of urea groups is 1. The number of carboxylic acids is 1. The van der Waals surface area contributed by atoms with Gasteiger partial charge in [-0.25, -0.2) is 13.2 Å². The van der Waals surface area contributed by atoms with E-state index in [-0.39, 0.29) is 36.5 Å². The molecule has 1 rings (SSSR count). The van der Waals surface area contributed by atoms with Crippen molar-refractivity contribution in [2.75, 3.05) is 18.1 Å². The van der Waals surface area contributed by atoms with Crippen molar-refractivity contribution >= 4 is 21.8 Å². The highest BCUT2D eigenvalue weighted by molar-refractivity contribution is 7.91. The van der Waals surface area contributed by atoms with Crippen LogP contribution in [0.2, 0.25) is 0 Å². The summed E-state index contributed by atoms with van der Waals surface area (Å²) in [6.45, 7) is 3.75. The molecule has 1 heterocycles. The Hall–Kier alpha value is -1.31. The number of amides is 2. The van der Waals surface area contributed by atoms with Gasteiger partial charge in [-0.05, 0) is 13.3 Å². The Labute approximate surface area is 119 Å². The molecule has 2 amide bonds. The van der Waals surface area contributed by atoms with Crippen LogP contribution in [-0.2, 0) is 14.6 Å². The maximum atomic E-state index is 12.1. The minimum Gasteiger partial charge on any atom is -0.481 e. The molecule has 20 heavy (non-hydrogen) atoms. The number of carboxylic acid groups (broad SMARTS) is 1. The van der Waals surface area contributed by atoms with Crippen LogP contribution in [0.5, 0.6) is 0 Å². The molecule has 0 aliphatic carbocycles. The molecule has 0 aromatic carbocycles. The fraction of sp³-hybridized carbons (Fsp3) is 0.833. The van der Waals surface area contributed by atoms with Crippen LogP contribution in [0.25, 0.3) is 0 Å². The first-order valence-electron chi connectivity index (χ1n) is 6.74. The van der Waals surface area contributed by atoms with Gasteiger partial charge in [0.15, 0.2) is 9.84 Å². The van der Waals surface area contributed by atoms with E-state index < -0.39 is 21.8 Å². The molecule has 116 valence electrons. The molecule has 8 heteroatoms. The van der Waals surface area contributed by atoms with Crippen molar-refractivity contribution in [3.63, 3.8) is 0 Å². The number of hydrogen-bond donors (Lipinski definition) is 2. The SMILES string of the molecule is CCCC(CC(=O)O)NC(=O)N1CCS(=O)(=O)CC1C. The summed E-state index contributed by atoms with van der Waals surface area (Å²) in [5.74, 6) is -1.04. The van der Waals surface area contributed by atoms with Crippen molar-refractivity contribution in [1.29, 1.82) is 0 Å². The topological polar surface area (TPSA) is 104 Å². The van der Waals surface area contributed by atoms with Crippen molar-refractivity contribution in [2.24, 2.45) is 0 Å². The van der Waals surface area contributed by atoms with Gasteiger partial charge in [-0.15, -0.1) is 0 Å². The fourth-order valence-corrected chi connectivity index (χ4v) is 3.90. The molecule has 2 unspecified atom stereocenters. The molecule has 1 aliphatic heterocycles. The highest BCUT2D eigenvalue weighted by Gasteiger charge is 2.32. The average molecular weight is 306 g/mol. The number of nitrogens with zero attached hydrogens (tertiary/aromatic N) is 1. The minimum absolute atomic E-state index is 0.0395. The first-order chi connectivity index (χ1) is 9.25. The van der Waals surface area contributed by atoms with Crippen LogP contribution in [-0.4, -0.2) is 60.6 Å². The Balaban J connectivity index is 2.62. The van der Waals surface area contributed by atoms with Gasteiger partial charge in [0.2, 0.25) is 0 Å². The number of hydrogen-bond acceptors (Lipinski definition) is 4. The highest BCUT2D eigenvalue weighted by atomic mass is 32.2. The second kappa shape index (κ2) is 6.92. The van der Waals surface area contributed by atoms with Crippen molar-refractivity contribution in [3.8, 4) is 0 Å². The van der Waals surface area contributed by atoms with E-state index in [9.17, 15) is 18.0 Å². The Kier molecular flexibility index (Phi) is 5.79. The normalized spacial score (nSPS) is 23.1. The zero-order chi connectivity index (χ0) is 15.3. The second-order valence-electron chi connectivity index (χ2n) is 5.19. The molecule has 2 N–H and O–H groups in total. The Morgan fingerprint density at radius 2 is 2.10 bits per heavy atom. The zero-order valence-corrected chi connectivity index (χ0v) is 12.6. The van der Waals surface area contributed by atoms with Crippen molar-refractivity contribution in [2.45, 2.75) is 45.2 Å². The van der Waals surface area contributed by atoms with Gasteiger partial charge in [-0.3, -0.25) is 4.79 Å². The second-order valence-corrected chi connectivity index (χ2v) is 7.42. The molecule has 7 nitrogen and oxygen atoms in total. The van der Waals surface area contributed by atoms with Gasteiger partial charge in [0.25, 0.3) is 0 Å². The lowest BCUT2D eigenvalue weighted by molar-refractivity contribution is -0.137. The smallest absolute Gasteiger partial charge is 0.317 e. The zero-order valence-electron chi connectivity index (χ0n) is 11.8. The van der Waals surface area contributed by atoms with Crippen molar-refractivity contribution < 1.29 is 23.1 Å². The maximum absolute atomic E-state index is 12.1. The van der Waals surface area contributed by atoms with Gasteiger partial charge in [-0.1, -0.05) is 13.3 Å². The van der Waals surface area contributed by atoms with Gasteiger partial charge in [-0.2, -0.15) is 0 Å². The summed E-state index contributed by atoms with van der Waals surface area (Å²) in [7, 11) is -3.07. The Bertz CT molecular complexity index is 462. The molecule has 0 aromatic rings. The van der Waals surface area contributed by atoms with Crippen LogP contribution in [0, 0.1) is 0 Å². The van der Waals surface area contributed by atoms with Crippen LogP contribution in [0.1, 0.15) is 33.1 Å². The summed E-state index contributed by atoms with van der Waals surface area (Å²) in [6, 6.07) is -1.19. The number of carbonyl (C=O) groups is 2. The summed E-state index contributed by atoms with van der Waals surface area (Å²) in [5, 5.41) is 11.5. The van der Waals surface area contributed by atoms with Gasteiger partial charge in [0.1, 0.15) is 0 Å². The van der Waals surface area contributed by atoms with Gasteiger partial charge in [0.05, 0.1) is 17.9 Å². The molecular formula is C12H22N2O5S. The lowest BCUT2D eigenvalue weighted by Gasteiger charge is -2.34. The third-order valence-electron chi connectivity index (χ3n) is 3.32. The Morgan fingerprint density at radius 3 is 2.60 bits per heavy atom. The fourth-order valence-electron chi connectivity index (χ4n) is 2.34. The average Bonchev–Trinajstić information content (AvgIpc) is 2.26. The molecule has 0 aromatic heterocycles. The first kappa shape index (κ1) is 16.7. The number of rotatable bonds is 5. The lowest BCUT2D eigenvalue weighted by Crippen LogP contribution is -2.55. The summed E-state index contributed by atoms with van der Waals surface area (Å²) in [6.07, 6.45) is 1.22. The summed E-state index contributed by atoms with van der Waals surface area (Å²) in [4.78, 5) is 24.3. The van der Waals surface area contributed by atoms with Crippen molar-refractivity contribution in [1.82, 2.24) is 10.2 Å². The minimum atomic E-state index is -3.07. The van der Waals surface area contributed by atoms with Gasteiger partial charge in [0, 0.05) is 18.6 Å². The van der Waals surface area contributed by atoms with Crippen LogP contribution in [0.4, 0.5) is 4.79 Å². The number of sulfone groups is 1. The number of aliphatic carboxylic acids is 1. The molecule has 2 atom stereocenters. The molecule has 1 fully saturated rings. The molecule has 0 saturated carbocycles. The Morgan fingerprint density at radius 1 is 1.45 bits per heavy atom. The summed E-state index contributed by atoms with van der Waals surface area (Å²) in [5.41, 5.74) is 0. The number of nitrogens with one attached hydrogen (secondary N) is 1. The van der Waals surface area contributed by atoms with Gasteiger partial charge < -0.3 is 15.3 Å². The molecule has 0 bridgehead atoms. The third-order valence-corrected chi connectivity index (χ3v) is 5.11. The van der Waals surface area contributed by atoms with E-state index in [1.165, 1.54) is 4.90 Å². The van der Waals surface area contributed by atoms with Gasteiger partial charge >= 0.3 is 12.0 Å². The molecule has 1 aliphatic rings. The van der Waals surface area contributed by atoms with E-state index in [1.54, 1.807) is 6.92 Å². The highest BCUT2D eigenvalue weighted by Crippen LogP contribution is 2.12. The lowest BCUT2D eigenvalue weighted by atomic mass is 10.1. The van der Waals surface area contributed by atoms with E-state index in [4.69, 9.17) is 5.11 Å². The summed E-state index contributed by atoms with van der Waals surface area (Å²) >= 11 is 0.